The molecule has 3 rings (SSSR count). The van der Waals surface area contributed by atoms with Crippen molar-refractivity contribution in [1.29, 1.82) is 0 Å². The molecule has 0 bridgehead atoms. The van der Waals surface area contributed by atoms with E-state index >= 15 is 0 Å². The number of nitrogens with zero attached hydrogens (tertiary/aromatic N) is 1. The number of hydrogen-bond donors (Lipinski definition) is 1. The smallest absolute Gasteiger partial charge is 0.279 e. The molecule has 0 amide bonds. The summed E-state index contributed by atoms with van der Waals surface area (Å²) < 4.78 is 12.0. The summed E-state index contributed by atoms with van der Waals surface area (Å²) in [7, 11) is 3.17. The number of ether oxygens (including phenoxy) is 2. The van der Waals surface area contributed by atoms with Crippen LogP contribution in [0.15, 0.2) is 53.3 Å². The fourth-order valence-electron chi connectivity index (χ4n) is 2.50. The molecule has 5 heteroatoms. The Hall–Kier alpha value is -3.21. The third kappa shape index (κ3) is 2.84. The highest BCUT2D eigenvalue weighted by molar-refractivity contribution is 5.59. The lowest BCUT2D eigenvalue weighted by atomic mass is 10.1. The fourth-order valence-corrected chi connectivity index (χ4v) is 2.50. The first-order valence-electron chi connectivity index (χ1n) is 7.43. The second kappa shape index (κ2) is 6.50. The minimum atomic E-state index is -0.163. The number of para-hydroxylation sites is 1. The molecule has 0 aliphatic rings. The SMILES string of the molecule is C=c1[nH]n(-c2ccccc2)c(=O)/c1=C\c1ccc(OC)cc1OC. The average Bonchev–Trinajstić information content (AvgIpc) is 2.91. The van der Waals surface area contributed by atoms with Crippen LogP contribution in [0.5, 0.6) is 11.5 Å². The molecular weight excluding hydrogens is 304 g/mol. The standard InChI is InChI=1S/C19H18N2O3/c1-13-17(11-14-9-10-16(23-2)12-18(14)24-3)19(22)21(20-13)15-7-5-4-6-8-15/h4-12,20H,1H2,2-3H3/b17-11-. The Morgan fingerprint density at radius 2 is 1.83 bits per heavy atom. The Balaban J connectivity index is 2.18. The number of benzene rings is 2. The molecule has 0 spiro atoms. The van der Waals surface area contributed by atoms with Gasteiger partial charge in [-0.3, -0.25) is 9.89 Å². The van der Waals surface area contributed by atoms with Crippen LogP contribution in [0.1, 0.15) is 5.56 Å². The van der Waals surface area contributed by atoms with Gasteiger partial charge in [0.2, 0.25) is 0 Å². The van der Waals surface area contributed by atoms with Crippen LogP contribution < -0.4 is 25.6 Å². The van der Waals surface area contributed by atoms with Gasteiger partial charge in [-0.15, -0.1) is 0 Å². The van der Waals surface area contributed by atoms with Crippen LogP contribution in [0.25, 0.3) is 18.3 Å². The molecular formula is C19H18N2O3. The summed E-state index contributed by atoms with van der Waals surface area (Å²) in [5.41, 5.74) is 1.37. The Kier molecular flexibility index (Phi) is 4.24. The normalized spacial score (nSPS) is 11.5. The molecule has 0 fully saturated rings. The van der Waals surface area contributed by atoms with Gasteiger partial charge >= 0.3 is 0 Å². The maximum absolute atomic E-state index is 12.7. The number of aromatic nitrogens is 2. The topological polar surface area (TPSA) is 56.2 Å². The summed E-state index contributed by atoms with van der Waals surface area (Å²) >= 11 is 0. The van der Waals surface area contributed by atoms with Crippen molar-refractivity contribution in [2.24, 2.45) is 0 Å². The zero-order valence-corrected chi connectivity index (χ0v) is 13.6. The molecule has 1 heterocycles. The van der Waals surface area contributed by atoms with Crippen molar-refractivity contribution in [3.05, 3.63) is 75.0 Å². The van der Waals surface area contributed by atoms with E-state index < -0.39 is 0 Å². The van der Waals surface area contributed by atoms with Gasteiger partial charge in [0.1, 0.15) is 11.5 Å². The number of aromatic amines is 1. The zero-order valence-electron chi connectivity index (χ0n) is 13.6. The molecule has 0 unspecified atom stereocenters. The summed E-state index contributed by atoms with van der Waals surface area (Å²) in [4.78, 5) is 12.7. The monoisotopic (exact) mass is 322 g/mol. The van der Waals surface area contributed by atoms with Crippen LogP contribution in [0.3, 0.4) is 0 Å². The second-order valence-corrected chi connectivity index (χ2v) is 5.23. The summed E-state index contributed by atoms with van der Waals surface area (Å²) in [6, 6.07) is 14.8. The van der Waals surface area contributed by atoms with Crippen LogP contribution in [-0.2, 0) is 0 Å². The lowest BCUT2D eigenvalue weighted by molar-refractivity contribution is 0.393. The maximum atomic E-state index is 12.7. The first-order chi connectivity index (χ1) is 11.6. The summed E-state index contributed by atoms with van der Waals surface area (Å²) in [6.45, 7) is 3.94. The molecule has 0 saturated carbocycles. The van der Waals surface area contributed by atoms with Crippen molar-refractivity contribution >= 4 is 12.7 Å². The molecule has 24 heavy (non-hydrogen) atoms. The Morgan fingerprint density at radius 3 is 2.50 bits per heavy atom. The van der Waals surface area contributed by atoms with Gasteiger partial charge in [-0.2, -0.15) is 0 Å². The molecule has 122 valence electrons. The van der Waals surface area contributed by atoms with Crippen molar-refractivity contribution in [1.82, 2.24) is 9.78 Å². The minimum absolute atomic E-state index is 0.163. The van der Waals surface area contributed by atoms with Gasteiger partial charge in [0.05, 0.1) is 30.5 Å². The van der Waals surface area contributed by atoms with Gasteiger partial charge < -0.3 is 9.47 Å². The van der Waals surface area contributed by atoms with Crippen molar-refractivity contribution < 1.29 is 9.47 Å². The fraction of sp³-hybridized carbons (Fsp3) is 0.105. The highest BCUT2D eigenvalue weighted by Gasteiger charge is 2.07. The van der Waals surface area contributed by atoms with Crippen LogP contribution >= 0.6 is 0 Å². The quantitative estimate of drug-likeness (QED) is 0.790. The molecule has 0 saturated heterocycles. The average molecular weight is 322 g/mol. The highest BCUT2D eigenvalue weighted by atomic mass is 16.5. The lowest BCUT2D eigenvalue weighted by Crippen LogP contribution is -2.34. The van der Waals surface area contributed by atoms with E-state index in [9.17, 15) is 4.79 Å². The van der Waals surface area contributed by atoms with Gasteiger partial charge in [-0.1, -0.05) is 24.8 Å². The van der Waals surface area contributed by atoms with Crippen molar-refractivity contribution in [2.45, 2.75) is 0 Å². The van der Waals surface area contributed by atoms with Crippen LogP contribution in [0, 0.1) is 0 Å². The summed E-state index contributed by atoms with van der Waals surface area (Å²) in [5.74, 6) is 1.32. The van der Waals surface area contributed by atoms with Gasteiger partial charge in [0, 0.05) is 11.6 Å². The molecule has 2 aromatic carbocycles. The third-order valence-electron chi connectivity index (χ3n) is 3.76. The van der Waals surface area contributed by atoms with Crippen molar-refractivity contribution in [3.63, 3.8) is 0 Å². The predicted octanol–water partition coefficient (Wildman–Crippen LogP) is 1.42. The largest absolute Gasteiger partial charge is 0.497 e. The van der Waals surface area contributed by atoms with E-state index in [2.05, 4.69) is 11.7 Å². The predicted molar refractivity (Wildman–Crippen MR) is 94.3 cm³/mol. The van der Waals surface area contributed by atoms with Crippen molar-refractivity contribution in [2.75, 3.05) is 14.2 Å². The van der Waals surface area contributed by atoms with Gasteiger partial charge in [-0.25, -0.2) is 4.68 Å². The Morgan fingerprint density at radius 1 is 1.08 bits per heavy atom. The third-order valence-corrected chi connectivity index (χ3v) is 3.76. The van der Waals surface area contributed by atoms with Gasteiger partial charge in [-0.05, 0) is 30.3 Å². The van der Waals surface area contributed by atoms with E-state index in [0.717, 1.165) is 11.3 Å². The number of methoxy groups -OCH3 is 2. The molecule has 1 aromatic heterocycles. The second-order valence-electron chi connectivity index (χ2n) is 5.23. The molecule has 0 atom stereocenters. The van der Waals surface area contributed by atoms with Gasteiger partial charge in [0.25, 0.3) is 5.56 Å². The number of nitrogens with one attached hydrogen (secondary N) is 1. The Labute approximate surface area is 139 Å². The molecule has 5 nitrogen and oxygen atoms in total. The van der Waals surface area contributed by atoms with E-state index in [-0.39, 0.29) is 5.56 Å². The molecule has 1 N–H and O–H groups in total. The van der Waals surface area contributed by atoms with Crippen molar-refractivity contribution in [3.8, 4) is 17.2 Å². The molecule has 0 aliphatic heterocycles. The van der Waals surface area contributed by atoms with E-state index in [0.29, 0.717) is 22.1 Å². The van der Waals surface area contributed by atoms with E-state index in [4.69, 9.17) is 9.47 Å². The lowest BCUT2D eigenvalue weighted by Gasteiger charge is -2.06. The molecule has 0 aliphatic carbocycles. The number of rotatable bonds is 4. The van der Waals surface area contributed by atoms with Gasteiger partial charge in [0.15, 0.2) is 0 Å². The van der Waals surface area contributed by atoms with Crippen LogP contribution in [-0.4, -0.2) is 24.0 Å². The van der Waals surface area contributed by atoms with Crippen LogP contribution in [0.4, 0.5) is 0 Å². The van der Waals surface area contributed by atoms with E-state index in [1.165, 1.54) is 4.68 Å². The molecule has 0 radical (unpaired) electrons. The summed E-state index contributed by atoms with van der Waals surface area (Å²) in [5, 5.41) is 4.04. The first-order valence-corrected chi connectivity index (χ1v) is 7.43. The number of H-pyrrole nitrogens is 1. The summed E-state index contributed by atoms with van der Waals surface area (Å²) in [6.07, 6.45) is 1.76. The zero-order chi connectivity index (χ0) is 17.1. The van der Waals surface area contributed by atoms with E-state index in [1.807, 2.05) is 42.5 Å². The highest BCUT2D eigenvalue weighted by Crippen LogP contribution is 2.24. The maximum Gasteiger partial charge on any atom is 0.279 e. The van der Waals surface area contributed by atoms with Crippen LogP contribution in [0.2, 0.25) is 0 Å². The minimum Gasteiger partial charge on any atom is -0.497 e. The first kappa shape index (κ1) is 15.7. The van der Waals surface area contributed by atoms with E-state index in [1.54, 1.807) is 26.4 Å². The number of hydrogen-bond acceptors (Lipinski definition) is 3. The Bertz CT molecular complexity index is 1020. The molecule has 3 aromatic rings.